The fourth-order valence-corrected chi connectivity index (χ4v) is 8.99. The van der Waals surface area contributed by atoms with Gasteiger partial charge in [0.1, 0.15) is 12.7 Å². The molecular formula is C57H108NO8P. The number of aliphatic hydroxyl groups excluding tert-OH is 1. The third-order valence-corrected chi connectivity index (χ3v) is 13.5. The van der Waals surface area contributed by atoms with Crippen LogP contribution in [0.3, 0.4) is 0 Å². The Morgan fingerprint density at radius 1 is 0.463 bits per heavy atom. The second-order valence-corrected chi connectivity index (χ2v) is 20.7. The molecule has 9 nitrogen and oxygen atoms in total. The SMILES string of the molecule is CCCCC/C=C\C/C=C\CCCCCCCCCCCCCCCC(=O)NCCOP(=O)(O)OCC(O)COC(=O)CCCCCCCCCCCCCCC/C=C/CCCCCCCC. The first kappa shape index (κ1) is 65.2. The molecular weight excluding hydrogens is 858 g/mol. The summed E-state index contributed by atoms with van der Waals surface area (Å²) in [6, 6.07) is 0. The molecule has 2 atom stereocenters. The topological polar surface area (TPSA) is 131 Å². The molecule has 0 aromatic rings. The van der Waals surface area contributed by atoms with Crippen LogP contribution in [0.2, 0.25) is 0 Å². The van der Waals surface area contributed by atoms with Gasteiger partial charge in [0.2, 0.25) is 5.91 Å². The number of nitrogens with one attached hydrogen (secondary N) is 1. The molecule has 0 aliphatic rings. The summed E-state index contributed by atoms with van der Waals surface area (Å²) in [5.74, 6) is -0.506. The average Bonchev–Trinajstić information content (AvgIpc) is 3.32. The highest BCUT2D eigenvalue weighted by Crippen LogP contribution is 2.42. The highest BCUT2D eigenvalue weighted by Gasteiger charge is 2.23. The summed E-state index contributed by atoms with van der Waals surface area (Å²) in [5, 5.41) is 12.8. The molecule has 0 radical (unpaired) electrons. The summed E-state index contributed by atoms with van der Waals surface area (Å²) in [6.45, 7) is 3.58. The quantitative estimate of drug-likeness (QED) is 0.0238. The Kier molecular flexibility index (Phi) is 52.2. The number of esters is 1. The summed E-state index contributed by atoms with van der Waals surface area (Å²) in [6.07, 6.45) is 63.8. The number of allylic oxidation sites excluding steroid dienone is 6. The Morgan fingerprint density at radius 3 is 1.24 bits per heavy atom. The molecule has 0 aromatic heterocycles. The molecule has 10 heteroatoms. The minimum absolute atomic E-state index is 0.0831. The fourth-order valence-electron chi connectivity index (χ4n) is 8.23. The van der Waals surface area contributed by atoms with Crippen LogP contribution < -0.4 is 5.32 Å². The predicted molar refractivity (Wildman–Crippen MR) is 284 cm³/mol. The van der Waals surface area contributed by atoms with Crippen molar-refractivity contribution in [2.45, 2.75) is 290 Å². The van der Waals surface area contributed by atoms with Crippen molar-refractivity contribution in [2.75, 3.05) is 26.4 Å². The number of phosphoric ester groups is 1. The van der Waals surface area contributed by atoms with Crippen molar-refractivity contribution in [3.05, 3.63) is 36.5 Å². The lowest BCUT2D eigenvalue weighted by molar-refractivity contribution is -0.147. The van der Waals surface area contributed by atoms with Crippen molar-refractivity contribution < 1.29 is 37.9 Å². The van der Waals surface area contributed by atoms with Crippen LogP contribution in [0.25, 0.3) is 0 Å². The first-order valence-corrected chi connectivity index (χ1v) is 30.0. The van der Waals surface area contributed by atoms with E-state index in [0.717, 1.165) is 44.9 Å². The number of hydrogen-bond acceptors (Lipinski definition) is 7. The van der Waals surface area contributed by atoms with Crippen molar-refractivity contribution in [3.63, 3.8) is 0 Å². The molecule has 2 unspecified atom stereocenters. The normalized spacial score (nSPS) is 13.3. The van der Waals surface area contributed by atoms with Crippen LogP contribution in [-0.4, -0.2) is 54.3 Å². The Morgan fingerprint density at radius 2 is 0.806 bits per heavy atom. The Hall–Kier alpha value is -1.77. The van der Waals surface area contributed by atoms with E-state index in [2.05, 4.69) is 55.6 Å². The van der Waals surface area contributed by atoms with Crippen molar-refractivity contribution in [3.8, 4) is 0 Å². The van der Waals surface area contributed by atoms with Crippen molar-refractivity contribution in [1.29, 1.82) is 0 Å². The maximum absolute atomic E-state index is 12.2. The zero-order valence-electron chi connectivity index (χ0n) is 43.9. The highest BCUT2D eigenvalue weighted by atomic mass is 31.2. The number of phosphoric acid groups is 1. The Balaban J connectivity index is 3.51. The zero-order valence-corrected chi connectivity index (χ0v) is 44.8. The molecule has 0 aliphatic carbocycles. The van der Waals surface area contributed by atoms with Crippen LogP contribution in [0, 0.1) is 0 Å². The summed E-state index contributed by atoms with van der Waals surface area (Å²) in [7, 11) is -4.42. The van der Waals surface area contributed by atoms with Crippen LogP contribution in [-0.2, 0) is 27.9 Å². The molecule has 0 aromatic carbocycles. The molecule has 0 saturated carbocycles. The van der Waals surface area contributed by atoms with Crippen LogP contribution in [0.15, 0.2) is 36.5 Å². The van der Waals surface area contributed by atoms with E-state index in [4.69, 9.17) is 13.8 Å². The lowest BCUT2D eigenvalue weighted by Gasteiger charge is -2.15. The summed E-state index contributed by atoms with van der Waals surface area (Å²) in [4.78, 5) is 34.2. The van der Waals surface area contributed by atoms with Gasteiger partial charge in [0.05, 0.1) is 13.2 Å². The van der Waals surface area contributed by atoms with Crippen molar-refractivity contribution in [2.24, 2.45) is 0 Å². The predicted octanol–water partition coefficient (Wildman–Crippen LogP) is 17.2. The molecule has 0 fully saturated rings. The molecule has 0 heterocycles. The molecule has 67 heavy (non-hydrogen) atoms. The van der Waals surface area contributed by atoms with Gasteiger partial charge in [-0.05, 0) is 70.6 Å². The average molecular weight is 966 g/mol. The van der Waals surface area contributed by atoms with Gasteiger partial charge in [-0.25, -0.2) is 4.57 Å². The summed E-state index contributed by atoms with van der Waals surface area (Å²) >= 11 is 0. The highest BCUT2D eigenvalue weighted by molar-refractivity contribution is 7.47. The number of hydrogen-bond donors (Lipinski definition) is 3. The maximum Gasteiger partial charge on any atom is 0.472 e. The molecule has 0 aliphatic heterocycles. The standard InChI is InChI=1S/C57H108NO8P/c1-3-5-7-9-11-13-15-17-19-21-23-25-27-29-31-33-35-37-39-41-43-45-47-49-56(60)58-51-52-65-67(62,63)66-54-55(59)53-64-57(61)50-48-46-44-42-40-38-36-34-32-30-28-26-24-22-20-18-16-14-12-10-8-6-4-2/h11,13,17-20,55,59H,3-10,12,14-16,21-54H2,1-2H3,(H,58,60)(H,62,63)/b13-11-,19-17-,20-18+. The monoisotopic (exact) mass is 966 g/mol. The Bertz CT molecular complexity index is 1190. The van der Waals surface area contributed by atoms with Crippen molar-refractivity contribution >= 4 is 19.7 Å². The number of unbranched alkanes of at least 4 members (excludes halogenated alkanes) is 35. The second kappa shape index (κ2) is 53.6. The van der Waals surface area contributed by atoms with E-state index in [1.54, 1.807) is 0 Å². The van der Waals surface area contributed by atoms with Gasteiger partial charge in [0.15, 0.2) is 0 Å². The molecule has 0 spiro atoms. The van der Waals surface area contributed by atoms with Gasteiger partial charge >= 0.3 is 13.8 Å². The van der Waals surface area contributed by atoms with E-state index in [-0.39, 0.29) is 32.1 Å². The van der Waals surface area contributed by atoms with Crippen LogP contribution in [0.5, 0.6) is 0 Å². The molecule has 3 N–H and O–H groups in total. The van der Waals surface area contributed by atoms with E-state index in [9.17, 15) is 24.2 Å². The molecule has 0 bridgehead atoms. The van der Waals surface area contributed by atoms with Gasteiger partial charge in [-0.3, -0.25) is 18.6 Å². The van der Waals surface area contributed by atoms with Crippen LogP contribution in [0.1, 0.15) is 284 Å². The number of rotatable bonds is 54. The number of ether oxygens (including phenoxy) is 1. The number of carbonyl (C=O) groups is 2. The van der Waals surface area contributed by atoms with Gasteiger partial charge < -0.3 is 20.1 Å². The van der Waals surface area contributed by atoms with Crippen LogP contribution in [0.4, 0.5) is 0 Å². The van der Waals surface area contributed by atoms with Crippen LogP contribution >= 0.6 is 7.82 Å². The van der Waals surface area contributed by atoms with Gasteiger partial charge in [0.25, 0.3) is 0 Å². The maximum atomic E-state index is 12.2. The first-order chi connectivity index (χ1) is 32.8. The second-order valence-electron chi connectivity index (χ2n) is 19.3. The van der Waals surface area contributed by atoms with Gasteiger partial charge in [-0.15, -0.1) is 0 Å². The van der Waals surface area contributed by atoms with E-state index < -0.39 is 26.5 Å². The van der Waals surface area contributed by atoms with E-state index in [1.165, 1.54) is 212 Å². The first-order valence-electron chi connectivity index (χ1n) is 28.5. The van der Waals surface area contributed by atoms with Gasteiger partial charge in [-0.2, -0.15) is 0 Å². The lowest BCUT2D eigenvalue weighted by Crippen LogP contribution is -2.27. The van der Waals surface area contributed by atoms with Gasteiger partial charge in [-0.1, -0.05) is 237 Å². The third kappa shape index (κ3) is 55.0. The molecule has 1 amide bonds. The van der Waals surface area contributed by atoms with E-state index >= 15 is 0 Å². The minimum atomic E-state index is -4.42. The number of amides is 1. The third-order valence-electron chi connectivity index (χ3n) is 12.5. The van der Waals surface area contributed by atoms with Gasteiger partial charge in [0, 0.05) is 19.4 Å². The van der Waals surface area contributed by atoms with Crippen molar-refractivity contribution in [1.82, 2.24) is 5.32 Å². The van der Waals surface area contributed by atoms with E-state index in [0.29, 0.717) is 6.42 Å². The Labute approximate surface area is 413 Å². The zero-order chi connectivity index (χ0) is 48.8. The largest absolute Gasteiger partial charge is 0.472 e. The minimum Gasteiger partial charge on any atom is -0.463 e. The molecule has 0 rings (SSSR count). The number of aliphatic hydroxyl groups is 1. The lowest BCUT2D eigenvalue weighted by atomic mass is 10.0. The summed E-state index contributed by atoms with van der Waals surface area (Å²) < 4.78 is 27.1. The molecule has 0 saturated heterocycles. The fraction of sp³-hybridized carbons (Fsp3) is 0.860. The number of carbonyl (C=O) groups excluding carboxylic acids is 2. The molecule has 394 valence electrons. The smallest absolute Gasteiger partial charge is 0.463 e. The van der Waals surface area contributed by atoms with E-state index in [1.807, 2.05) is 0 Å². The summed E-state index contributed by atoms with van der Waals surface area (Å²) in [5.41, 5.74) is 0.